The van der Waals surface area contributed by atoms with Crippen molar-refractivity contribution in [2.45, 2.75) is 19.2 Å². The number of amides is 1. The number of nitrogens with one attached hydrogen (secondary N) is 1. The van der Waals surface area contributed by atoms with Crippen LogP contribution in [-0.2, 0) is 17.1 Å². The van der Waals surface area contributed by atoms with Crippen molar-refractivity contribution < 1.29 is 9.18 Å². The summed E-state index contributed by atoms with van der Waals surface area (Å²) in [7, 11) is 0. The third kappa shape index (κ3) is 5.35. The maximum Gasteiger partial charge on any atom is 0.230 e. The van der Waals surface area contributed by atoms with E-state index in [1.807, 2.05) is 31.2 Å². The van der Waals surface area contributed by atoms with Gasteiger partial charge in [0.1, 0.15) is 5.82 Å². The fourth-order valence-electron chi connectivity index (χ4n) is 1.97. The quantitative estimate of drug-likeness (QED) is 0.849. The van der Waals surface area contributed by atoms with Crippen LogP contribution in [0, 0.1) is 12.7 Å². The Labute approximate surface area is 139 Å². The van der Waals surface area contributed by atoms with Gasteiger partial charge in [-0.05, 0) is 30.2 Å². The first-order valence-corrected chi connectivity index (χ1v) is 8.42. The number of carbonyl (C=O) groups is 1. The predicted molar refractivity (Wildman–Crippen MR) is 90.6 cm³/mol. The molecule has 2 rings (SSSR count). The maximum absolute atomic E-state index is 13.6. The summed E-state index contributed by atoms with van der Waals surface area (Å²) in [6.07, 6.45) is 0. The second kappa shape index (κ2) is 8.20. The van der Waals surface area contributed by atoms with E-state index < -0.39 is 0 Å². The first-order chi connectivity index (χ1) is 10.5. The van der Waals surface area contributed by atoms with Gasteiger partial charge in [0.15, 0.2) is 0 Å². The number of benzene rings is 2. The summed E-state index contributed by atoms with van der Waals surface area (Å²) in [6, 6.07) is 12.6. The Hall–Kier alpha value is -1.52. The molecule has 0 bridgehead atoms. The van der Waals surface area contributed by atoms with Crippen molar-refractivity contribution in [1.82, 2.24) is 5.32 Å². The zero-order chi connectivity index (χ0) is 15.9. The molecule has 116 valence electrons. The van der Waals surface area contributed by atoms with Crippen LogP contribution >= 0.6 is 23.4 Å². The van der Waals surface area contributed by atoms with Gasteiger partial charge in [0, 0.05) is 17.3 Å². The lowest BCUT2D eigenvalue weighted by Crippen LogP contribution is -2.24. The molecule has 0 saturated carbocycles. The highest BCUT2D eigenvalue weighted by atomic mass is 35.5. The molecule has 2 nitrogen and oxygen atoms in total. The Kier molecular flexibility index (Phi) is 6.28. The summed E-state index contributed by atoms with van der Waals surface area (Å²) in [5.74, 6) is 0.357. The Balaban J connectivity index is 1.74. The van der Waals surface area contributed by atoms with Gasteiger partial charge in [0.05, 0.1) is 5.75 Å². The zero-order valence-electron chi connectivity index (χ0n) is 12.2. The van der Waals surface area contributed by atoms with Crippen molar-refractivity contribution in [2.24, 2.45) is 0 Å². The molecule has 1 amide bonds. The van der Waals surface area contributed by atoms with E-state index in [9.17, 15) is 9.18 Å². The summed E-state index contributed by atoms with van der Waals surface area (Å²) in [4.78, 5) is 11.8. The van der Waals surface area contributed by atoms with Crippen molar-refractivity contribution in [3.05, 3.63) is 70.0 Å². The molecule has 0 aromatic heterocycles. The van der Waals surface area contributed by atoms with Crippen LogP contribution < -0.4 is 5.32 Å². The summed E-state index contributed by atoms with van der Waals surface area (Å²) in [5.41, 5.74) is 2.79. The normalized spacial score (nSPS) is 10.5. The third-order valence-electron chi connectivity index (χ3n) is 3.08. The topological polar surface area (TPSA) is 29.1 Å². The van der Waals surface area contributed by atoms with Crippen LogP contribution in [0.3, 0.4) is 0 Å². The molecular weight excluding hydrogens is 321 g/mol. The highest BCUT2D eigenvalue weighted by Gasteiger charge is 2.06. The smallest absolute Gasteiger partial charge is 0.230 e. The summed E-state index contributed by atoms with van der Waals surface area (Å²) >= 11 is 7.08. The van der Waals surface area contributed by atoms with Crippen molar-refractivity contribution in [3.63, 3.8) is 0 Å². The average Bonchev–Trinajstić information content (AvgIpc) is 2.47. The predicted octanol–water partition coefficient (Wildman–Crippen LogP) is 4.34. The molecule has 0 unspecified atom stereocenters. The Morgan fingerprint density at radius 2 is 2.09 bits per heavy atom. The summed E-state index contributed by atoms with van der Waals surface area (Å²) in [6.45, 7) is 2.53. The van der Waals surface area contributed by atoms with Crippen molar-refractivity contribution in [3.8, 4) is 0 Å². The summed E-state index contributed by atoms with van der Waals surface area (Å²) in [5, 5.41) is 3.24. The largest absolute Gasteiger partial charge is 0.351 e. The van der Waals surface area contributed by atoms with Crippen LogP contribution in [0.2, 0.25) is 5.02 Å². The molecule has 0 aliphatic rings. The zero-order valence-corrected chi connectivity index (χ0v) is 13.8. The van der Waals surface area contributed by atoms with Gasteiger partial charge in [-0.1, -0.05) is 47.5 Å². The Bertz CT molecular complexity index is 663. The Morgan fingerprint density at radius 1 is 1.27 bits per heavy atom. The number of thioether (sulfide) groups is 1. The number of hydrogen-bond donors (Lipinski definition) is 1. The number of halogens is 2. The fraction of sp³-hybridized carbons (Fsp3) is 0.235. The van der Waals surface area contributed by atoms with E-state index in [4.69, 9.17) is 11.6 Å². The molecule has 22 heavy (non-hydrogen) atoms. The van der Waals surface area contributed by atoms with E-state index in [0.717, 1.165) is 5.56 Å². The second-order valence-electron chi connectivity index (χ2n) is 4.99. The fourth-order valence-corrected chi connectivity index (χ4v) is 2.97. The first-order valence-electron chi connectivity index (χ1n) is 6.88. The van der Waals surface area contributed by atoms with E-state index in [2.05, 4.69) is 5.32 Å². The molecule has 0 aliphatic heterocycles. The molecule has 0 fully saturated rings. The number of aryl methyl sites for hydroxylation is 1. The lowest BCUT2D eigenvalue weighted by Gasteiger charge is -2.07. The van der Waals surface area contributed by atoms with E-state index >= 15 is 0 Å². The maximum atomic E-state index is 13.6. The Morgan fingerprint density at radius 3 is 2.82 bits per heavy atom. The third-order valence-corrected chi connectivity index (χ3v) is 4.29. The van der Waals surface area contributed by atoms with Gasteiger partial charge in [-0.3, -0.25) is 4.79 Å². The van der Waals surface area contributed by atoms with E-state index in [1.54, 1.807) is 12.1 Å². The lowest BCUT2D eigenvalue weighted by atomic mass is 10.1. The van der Waals surface area contributed by atoms with Gasteiger partial charge in [-0.25, -0.2) is 4.39 Å². The van der Waals surface area contributed by atoms with E-state index in [-0.39, 0.29) is 11.7 Å². The van der Waals surface area contributed by atoms with Gasteiger partial charge < -0.3 is 5.32 Å². The minimum atomic E-state index is -0.333. The van der Waals surface area contributed by atoms with Crippen LogP contribution in [0.15, 0.2) is 42.5 Å². The number of hydrogen-bond acceptors (Lipinski definition) is 2. The highest BCUT2D eigenvalue weighted by molar-refractivity contribution is 7.99. The van der Waals surface area contributed by atoms with Crippen LogP contribution in [0.1, 0.15) is 16.7 Å². The van der Waals surface area contributed by atoms with Crippen LogP contribution in [-0.4, -0.2) is 11.7 Å². The molecule has 5 heteroatoms. The number of carbonyl (C=O) groups excluding carboxylic acids is 1. The van der Waals surface area contributed by atoms with Gasteiger partial charge in [0.25, 0.3) is 0 Å². The van der Waals surface area contributed by atoms with Crippen molar-refractivity contribution in [1.29, 1.82) is 0 Å². The molecule has 2 aromatic carbocycles. The highest BCUT2D eigenvalue weighted by Crippen LogP contribution is 2.19. The van der Waals surface area contributed by atoms with Crippen molar-refractivity contribution >= 4 is 29.3 Å². The molecule has 0 atom stereocenters. The minimum Gasteiger partial charge on any atom is -0.351 e. The molecule has 2 aromatic rings. The SMILES string of the molecule is Cc1cccc(CNC(=O)CSCc2ccc(Cl)cc2F)c1. The molecule has 0 spiro atoms. The van der Waals surface area contributed by atoms with Gasteiger partial charge >= 0.3 is 0 Å². The first kappa shape index (κ1) is 16.8. The standard InChI is InChI=1S/C17H17ClFNOS/c1-12-3-2-4-13(7-12)9-20-17(21)11-22-10-14-5-6-15(18)8-16(14)19/h2-8H,9-11H2,1H3,(H,20,21). The van der Waals surface area contributed by atoms with Crippen molar-refractivity contribution in [2.75, 3.05) is 5.75 Å². The minimum absolute atomic E-state index is 0.0547. The molecule has 0 aliphatic carbocycles. The summed E-state index contributed by atoms with van der Waals surface area (Å²) < 4.78 is 13.6. The van der Waals surface area contributed by atoms with Crippen LogP contribution in [0.5, 0.6) is 0 Å². The molecule has 0 saturated heterocycles. The molecular formula is C17H17ClFNOS. The molecule has 1 N–H and O–H groups in total. The van der Waals surface area contributed by atoms with Crippen LogP contribution in [0.4, 0.5) is 4.39 Å². The van der Waals surface area contributed by atoms with Crippen LogP contribution in [0.25, 0.3) is 0 Å². The number of rotatable bonds is 6. The molecule has 0 heterocycles. The van der Waals surface area contributed by atoms with Gasteiger partial charge in [-0.15, -0.1) is 11.8 Å². The van der Waals surface area contributed by atoms with E-state index in [0.29, 0.717) is 28.6 Å². The average molecular weight is 338 g/mol. The van der Waals surface area contributed by atoms with E-state index in [1.165, 1.54) is 23.4 Å². The lowest BCUT2D eigenvalue weighted by molar-refractivity contribution is -0.118. The molecule has 0 radical (unpaired) electrons. The second-order valence-corrected chi connectivity index (χ2v) is 6.42. The van der Waals surface area contributed by atoms with Gasteiger partial charge in [0.2, 0.25) is 5.91 Å². The van der Waals surface area contributed by atoms with Gasteiger partial charge in [-0.2, -0.15) is 0 Å². The monoisotopic (exact) mass is 337 g/mol.